The Morgan fingerprint density at radius 1 is 1.26 bits per heavy atom. The lowest BCUT2D eigenvalue weighted by molar-refractivity contribution is 0.0730. The summed E-state index contributed by atoms with van der Waals surface area (Å²) in [6.07, 6.45) is 1.35. The maximum Gasteiger partial charge on any atom is 0.267 e. The molecule has 1 amide bonds. The molecule has 27 heavy (non-hydrogen) atoms. The van der Waals surface area contributed by atoms with Crippen LogP contribution in [0.5, 0.6) is 0 Å². The van der Waals surface area contributed by atoms with Crippen LogP contribution in [0.4, 0.5) is 0 Å². The quantitative estimate of drug-likeness (QED) is 0.520. The van der Waals surface area contributed by atoms with Crippen molar-refractivity contribution in [2.24, 2.45) is 0 Å². The van der Waals surface area contributed by atoms with E-state index in [1.807, 2.05) is 24.3 Å². The minimum absolute atomic E-state index is 0.0880. The number of nitrogens with zero attached hydrogens (tertiary/aromatic N) is 1. The summed E-state index contributed by atoms with van der Waals surface area (Å²) in [5, 5.41) is 3.46. The number of ether oxygens (including phenoxy) is 1. The lowest BCUT2D eigenvalue weighted by Gasteiger charge is -2.25. The molecule has 2 N–H and O–H groups in total. The number of nitrogens with one attached hydrogen (secondary N) is 2. The van der Waals surface area contributed by atoms with Crippen molar-refractivity contribution in [3.63, 3.8) is 0 Å². The topological polar surface area (TPSA) is 91.5 Å². The van der Waals surface area contributed by atoms with Crippen molar-refractivity contribution < 1.29 is 17.9 Å². The summed E-state index contributed by atoms with van der Waals surface area (Å²) in [4.78, 5) is 16.1. The number of morpholine rings is 1. The Bertz CT molecular complexity index is 878. The van der Waals surface area contributed by atoms with Gasteiger partial charge in [0.15, 0.2) is 0 Å². The maximum atomic E-state index is 12.6. The molecule has 0 bridgehead atoms. The average Bonchev–Trinajstić information content (AvgIpc) is 3.18. The Morgan fingerprint density at radius 3 is 2.67 bits per heavy atom. The van der Waals surface area contributed by atoms with Crippen LogP contribution in [0.2, 0.25) is 5.02 Å². The predicted octanol–water partition coefficient (Wildman–Crippen LogP) is 2.21. The zero-order valence-corrected chi connectivity index (χ0v) is 16.9. The molecule has 0 atom stereocenters. The second-order valence-electron chi connectivity index (χ2n) is 5.82. The zero-order chi connectivity index (χ0) is 19.3. The van der Waals surface area contributed by atoms with Crippen molar-refractivity contribution in [1.29, 1.82) is 0 Å². The Morgan fingerprint density at radius 2 is 1.96 bits per heavy atom. The van der Waals surface area contributed by atoms with Crippen LogP contribution in [-0.2, 0) is 14.8 Å². The van der Waals surface area contributed by atoms with Crippen LogP contribution in [0.25, 0.3) is 0 Å². The lowest BCUT2D eigenvalue weighted by Crippen LogP contribution is -2.40. The van der Waals surface area contributed by atoms with Crippen molar-refractivity contribution >= 4 is 39.3 Å². The zero-order valence-electron chi connectivity index (χ0n) is 14.5. The Labute approximate surface area is 167 Å². The molecule has 7 nitrogen and oxygen atoms in total. The molecule has 1 aromatic heterocycles. The number of aromatic nitrogens is 1. The molecular weight excluding hydrogens is 410 g/mol. The number of amides is 1. The molecule has 10 heteroatoms. The van der Waals surface area contributed by atoms with Gasteiger partial charge in [-0.05, 0) is 30.3 Å². The van der Waals surface area contributed by atoms with Crippen molar-refractivity contribution in [2.75, 3.05) is 38.6 Å². The number of H-pyrrole nitrogens is 1. The van der Waals surface area contributed by atoms with Crippen LogP contribution in [-0.4, -0.2) is 62.2 Å². The first-order valence-corrected chi connectivity index (χ1v) is 11.2. The molecule has 0 spiro atoms. The van der Waals surface area contributed by atoms with Gasteiger partial charge in [-0.2, -0.15) is 4.31 Å². The number of rotatable bonds is 7. The fourth-order valence-electron chi connectivity index (χ4n) is 2.55. The molecule has 146 valence electrons. The van der Waals surface area contributed by atoms with Crippen LogP contribution >= 0.6 is 23.4 Å². The molecule has 2 heterocycles. The highest BCUT2D eigenvalue weighted by atomic mass is 35.5. The van der Waals surface area contributed by atoms with E-state index in [9.17, 15) is 13.2 Å². The largest absolute Gasteiger partial charge is 0.379 e. The summed E-state index contributed by atoms with van der Waals surface area (Å²) in [7, 11) is -3.61. The standard InChI is InChI=1S/C17H20ClN3O4S2/c18-13-1-3-14(4-2-13)26-10-5-19-17(22)16-11-15(12-20-16)27(23,24)21-6-8-25-9-7-21/h1-4,11-12,20H,5-10H2,(H,19,22). The van der Waals surface area contributed by atoms with E-state index in [2.05, 4.69) is 10.3 Å². The van der Waals surface area contributed by atoms with E-state index in [0.29, 0.717) is 43.6 Å². The van der Waals surface area contributed by atoms with Gasteiger partial charge < -0.3 is 15.0 Å². The van der Waals surface area contributed by atoms with Crippen LogP contribution in [0.15, 0.2) is 46.3 Å². The number of hydrogen-bond acceptors (Lipinski definition) is 5. The summed E-state index contributed by atoms with van der Waals surface area (Å²) in [5.41, 5.74) is 0.221. The van der Waals surface area contributed by atoms with E-state index in [1.165, 1.54) is 16.6 Å². The van der Waals surface area contributed by atoms with Gasteiger partial charge in [0.25, 0.3) is 5.91 Å². The number of carbonyl (C=O) groups is 1. The Hall–Kier alpha value is -1.52. The molecule has 1 aliphatic heterocycles. The van der Waals surface area contributed by atoms with Crippen molar-refractivity contribution in [3.05, 3.63) is 47.2 Å². The van der Waals surface area contributed by atoms with Gasteiger partial charge in [0.1, 0.15) is 10.6 Å². The summed E-state index contributed by atoms with van der Waals surface area (Å²) in [6.45, 7) is 1.84. The minimum Gasteiger partial charge on any atom is -0.379 e. The monoisotopic (exact) mass is 429 g/mol. The normalized spacial score (nSPS) is 15.6. The summed E-state index contributed by atoms with van der Waals surface area (Å²) in [6, 6.07) is 8.84. The van der Waals surface area contributed by atoms with E-state index in [-0.39, 0.29) is 16.5 Å². The smallest absolute Gasteiger partial charge is 0.267 e. The number of carbonyl (C=O) groups excluding carboxylic acids is 1. The van der Waals surface area contributed by atoms with Gasteiger partial charge in [-0.15, -0.1) is 11.8 Å². The van der Waals surface area contributed by atoms with Crippen molar-refractivity contribution in [1.82, 2.24) is 14.6 Å². The number of hydrogen-bond donors (Lipinski definition) is 2. The molecule has 1 aliphatic rings. The minimum atomic E-state index is -3.61. The van der Waals surface area contributed by atoms with Gasteiger partial charge in [0.05, 0.1) is 13.2 Å². The third-order valence-corrected chi connectivity index (χ3v) is 7.12. The Kier molecular flexibility index (Phi) is 6.83. The average molecular weight is 430 g/mol. The van der Waals surface area contributed by atoms with Gasteiger partial charge in [0.2, 0.25) is 10.0 Å². The van der Waals surface area contributed by atoms with Gasteiger partial charge in [-0.25, -0.2) is 8.42 Å². The highest BCUT2D eigenvalue weighted by molar-refractivity contribution is 7.99. The SMILES string of the molecule is O=C(NCCSc1ccc(Cl)cc1)c1cc(S(=O)(=O)N2CCOCC2)c[nH]1. The van der Waals surface area contributed by atoms with Crippen LogP contribution in [0, 0.1) is 0 Å². The predicted molar refractivity (Wildman–Crippen MR) is 105 cm³/mol. The number of aromatic amines is 1. The van der Waals surface area contributed by atoms with Crippen LogP contribution in [0.1, 0.15) is 10.5 Å². The number of benzene rings is 1. The second kappa shape index (κ2) is 9.11. The molecule has 1 saturated heterocycles. The molecular formula is C17H20ClN3O4S2. The summed E-state index contributed by atoms with van der Waals surface area (Å²) >= 11 is 7.44. The fraction of sp³-hybridized carbons (Fsp3) is 0.353. The lowest BCUT2D eigenvalue weighted by atomic mass is 10.4. The first-order chi connectivity index (χ1) is 13.0. The summed E-state index contributed by atoms with van der Waals surface area (Å²) in [5.74, 6) is 0.350. The van der Waals surface area contributed by atoms with Crippen LogP contribution < -0.4 is 5.32 Å². The molecule has 0 aliphatic carbocycles. The van der Waals surface area contributed by atoms with E-state index in [0.717, 1.165) is 4.90 Å². The number of halogens is 1. The molecule has 1 fully saturated rings. The van der Waals surface area contributed by atoms with Gasteiger partial charge in [-0.3, -0.25) is 4.79 Å². The highest BCUT2D eigenvalue weighted by Crippen LogP contribution is 2.20. The second-order valence-corrected chi connectivity index (χ2v) is 9.37. The van der Waals surface area contributed by atoms with Gasteiger partial charge >= 0.3 is 0 Å². The Balaban J connectivity index is 1.51. The molecule has 3 rings (SSSR count). The van der Waals surface area contributed by atoms with Crippen molar-refractivity contribution in [2.45, 2.75) is 9.79 Å². The number of thioether (sulfide) groups is 1. The first kappa shape index (κ1) is 20.2. The first-order valence-electron chi connectivity index (χ1n) is 8.40. The third kappa shape index (κ3) is 5.26. The fourth-order valence-corrected chi connectivity index (χ4v) is 4.85. The molecule has 2 aromatic rings. The summed E-state index contributed by atoms with van der Waals surface area (Å²) < 4.78 is 31.7. The molecule has 0 unspecified atom stereocenters. The van der Waals surface area contributed by atoms with Gasteiger partial charge in [-0.1, -0.05) is 11.6 Å². The third-order valence-electron chi connectivity index (χ3n) is 3.98. The molecule has 1 aromatic carbocycles. The van der Waals surface area contributed by atoms with E-state index < -0.39 is 10.0 Å². The molecule has 0 radical (unpaired) electrons. The maximum absolute atomic E-state index is 12.6. The van der Waals surface area contributed by atoms with Crippen molar-refractivity contribution in [3.8, 4) is 0 Å². The van der Waals surface area contributed by atoms with E-state index in [4.69, 9.17) is 16.3 Å². The van der Waals surface area contributed by atoms with Gasteiger partial charge in [0, 0.05) is 41.5 Å². The highest BCUT2D eigenvalue weighted by Gasteiger charge is 2.27. The van der Waals surface area contributed by atoms with Crippen LogP contribution in [0.3, 0.4) is 0 Å². The van der Waals surface area contributed by atoms with E-state index >= 15 is 0 Å². The number of sulfonamides is 1. The van der Waals surface area contributed by atoms with E-state index in [1.54, 1.807) is 11.8 Å². The molecule has 0 saturated carbocycles.